The molecule has 0 bridgehead atoms. The molecule has 0 aliphatic heterocycles. The van der Waals surface area contributed by atoms with Gasteiger partial charge < -0.3 is 9.63 Å². The maximum absolute atomic E-state index is 9.76. The summed E-state index contributed by atoms with van der Waals surface area (Å²) in [5.41, 5.74) is 2.33. The predicted octanol–water partition coefficient (Wildman–Crippen LogP) is 4.29. The summed E-state index contributed by atoms with van der Waals surface area (Å²) in [6.07, 6.45) is 0.490. The SMILES string of the molecule is Oc1ccccc1Cc1cc(-c2ccccc2Cl)no1. The molecule has 2 aromatic carbocycles. The Balaban J connectivity index is 1.88. The first-order chi connectivity index (χ1) is 9.74. The second kappa shape index (κ2) is 5.39. The number of hydrogen-bond acceptors (Lipinski definition) is 3. The van der Waals surface area contributed by atoms with E-state index in [-0.39, 0.29) is 5.75 Å². The van der Waals surface area contributed by atoms with E-state index in [2.05, 4.69) is 5.16 Å². The quantitative estimate of drug-likeness (QED) is 0.781. The number of rotatable bonds is 3. The van der Waals surface area contributed by atoms with Crippen molar-refractivity contribution in [2.24, 2.45) is 0 Å². The summed E-state index contributed by atoms with van der Waals surface area (Å²) in [6.45, 7) is 0. The van der Waals surface area contributed by atoms with E-state index in [4.69, 9.17) is 16.1 Å². The molecule has 20 heavy (non-hydrogen) atoms. The first-order valence-electron chi connectivity index (χ1n) is 6.21. The van der Waals surface area contributed by atoms with Gasteiger partial charge in [-0.25, -0.2) is 0 Å². The summed E-state index contributed by atoms with van der Waals surface area (Å²) in [6, 6.07) is 16.5. The number of aromatic nitrogens is 1. The molecule has 0 unspecified atom stereocenters. The van der Waals surface area contributed by atoms with E-state index in [1.165, 1.54) is 0 Å². The maximum Gasteiger partial charge on any atom is 0.141 e. The summed E-state index contributed by atoms with van der Waals surface area (Å²) in [5.74, 6) is 0.935. The number of phenolic OH excluding ortho intramolecular Hbond substituents is 1. The lowest BCUT2D eigenvalue weighted by atomic mass is 10.1. The molecule has 3 nitrogen and oxygen atoms in total. The van der Waals surface area contributed by atoms with Crippen molar-refractivity contribution >= 4 is 11.6 Å². The van der Waals surface area contributed by atoms with Gasteiger partial charge in [0.15, 0.2) is 0 Å². The molecule has 0 aliphatic rings. The van der Waals surface area contributed by atoms with Crippen LogP contribution in [0.5, 0.6) is 5.75 Å². The normalized spacial score (nSPS) is 10.7. The minimum absolute atomic E-state index is 0.253. The van der Waals surface area contributed by atoms with Crippen LogP contribution in [0.4, 0.5) is 0 Å². The van der Waals surface area contributed by atoms with Crippen LogP contribution in [0.2, 0.25) is 5.02 Å². The van der Waals surface area contributed by atoms with Crippen LogP contribution in [0, 0.1) is 0 Å². The lowest BCUT2D eigenvalue weighted by molar-refractivity contribution is 0.389. The molecule has 0 fully saturated rings. The van der Waals surface area contributed by atoms with Gasteiger partial charge in [0, 0.05) is 23.6 Å². The van der Waals surface area contributed by atoms with Gasteiger partial charge in [-0.1, -0.05) is 53.2 Å². The Morgan fingerprint density at radius 1 is 1.05 bits per heavy atom. The number of nitrogens with zero attached hydrogens (tertiary/aromatic N) is 1. The first-order valence-corrected chi connectivity index (χ1v) is 6.59. The fraction of sp³-hybridized carbons (Fsp3) is 0.0625. The largest absolute Gasteiger partial charge is 0.508 e. The van der Waals surface area contributed by atoms with Crippen LogP contribution < -0.4 is 0 Å². The van der Waals surface area contributed by atoms with Gasteiger partial charge in [0.2, 0.25) is 0 Å². The van der Waals surface area contributed by atoms with Gasteiger partial charge in [-0.15, -0.1) is 0 Å². The Bertz CT molecular complexity index is 737. The van der Waals surface area contributed by atoms with E-state index >= 15 is 0 Å². The summed E-state index contributed by atoms with van der Waals surface area (Å²) >= 11 is 6.13. The smallest absolute Gasteiger partial charge is 0.141 e. The molecule has 1 aromatic heterocycles. The summed E-state index contributed by atoms with van der Waals surface area (Å²) in [4.78, 5) is 0. The third kappa shape index (κ3) is 2.53. The van der Waals surface area contributed by atoms with Crippen LogP contribution in [-0.4, -0.2) is 10.3 Å². The second-order valence-corrected chi connectivity index (χ2v) is 4.87. The number of aromatic hydroxyl groups is 1. The Kier molecular flexibility index (Phi) is 3.44. The zero-order valence-corrected chi connectivity index (χ0v) is 11.3. The molecule has 3 aromatic rings. The van der Waals surface area contributed by atoms with Crippen molar-refractivity contribution in [1.82, 2.24) is 5.16 Å². The Labute approximate surface area is 121 Å². The van der Waals surface area contributed by atoms with Crippen LogP contribution >= 0.6 is 11.6 Å². The average Bonchev–Trinajstić information content (AvgIpc) is 2.90. The van der Waals surface area contributed by atoms with Crippen LogP contribution in [0.3, 0.4) is 0 Å². The van der Waals surface area contributed by atoms with Crippen molar-refractivity contribution in [3.63, 3.8) is 0 Å². The molecule has 4 heteroatoms. The van der Waals surface area contributed by atoms with Crippen molar-refractivity contribution in [3.8, 4) is 17.0 Å². The van der Waals surface area contributed by atoms with Gasteiger partial charge in [0.25, 0.3) is 0 Å². The number of phenols is 1. The minimum Gasteiger partial charge on any atom is -0.508 e. The lowest BCUT2D eigenvalue weighted by Crippen LogP contribution is -1.85. The van der Waals surface area contributed by atoms with E-state index in [0.717, 1.165) is 11.1 Å². The lowest BCUT2D eigenvalue weighted by Gasteiger charge is -2.00. The highest BCUT2D eigenvalue weighted by atomic mass is 35.5. The Morgan fingerprint density at radius 2 is 1.80 bits per heavy atom. The van der Waals surface area contributed by atoms with Crippen molar-refractivity contribution in [2.45, 2.75) is 6.42 Å². The van der Waals surface area contributed by atoms with Crippen molar-refractivity contribution in [2.75, 3.05) is 0 Å². The molecular formula is C16H12ClNO2. The standard InChI is InChI=1S/C16H12ClNO2/c17-14-7-3-2-6-13(14)15-10-12(20-18-15)9-11-5-1-4-8-16(11)19/h1-8,10,19H,9H2. The average molecular weight is 286 g/mol. The Morgan fingerprint density at radius 3 is 2.60 bits per heavy atom. The highest BCUT2D eigenvalue weighted by Gasteiger charge is 2.11. The van der Waals surface area contributed by atoms with Crippen molar-refractivity contribution in [3.05, 3.63) is 70.9 Å². The molecule has 0 saturated carbocycles. The van der Waals surface area contributed by atoms with Gasteiger partial charge in [0.1, 0.15) is 17.2 Å². The van der Waals surface area contributed by atoms with Crippen LogP contribution in [0.1, 0.15) is 11.3 Å². The molecule has 0 saturated heterocycles. The molecule has 0 aliphatic carbocycles. The highest BCUT2D eigenvalue weighted by Crippen LogP contribution is 2.28. The van der Waals surface area contributed by atoms with Crippen LogP contribution in [0.25, 0.3) is 11.3 Å². The molecule has 0 spiro atoms. The second-order valence-electron chi connectivity index (χ2n) is 4.46. The topological polar surface area (TPSA) is 46.3 Å². The Hall–Kier alpha value is -2.26. The number of hydrogen-bond donors (Lipinski definition) is 1. The molecular weight excluding hydrogens is 274 g/mol. The monoisotopic (exact) mass is 285 g/mol. The molecule has 0 radical (unpaired) electrons. The predicted molar refractivity (Wildman–Crippen MR) is 77.9 cm³/mol. The van der Waals surface area contributed by atoms with E-state index < -0.39 is 0 Å². The first kappa shape index (κ1) is 12.8. The van der Waals surface area contributed by atoms with Gasteiger partial charge >= 0.3 is 0 Å². The van der Waals surface area contributed by atoms with Crippen LogP contribution in [-0.2, 0) is 6.42 Å². The minimum atomic E-state index is 0.253. The summed E-state index contributed by atoms with van der Waals surface area (Å²) < 4.78 is 5.31. The van der Waals surface area contributed by atoms with E-state index in [0.29, 0.717) is 22.9 Å². The molecule has 0 amide bonds. The van der Waals surface area contributed by atoms with E-state index in [1.807, 2.05) is 42.5 Å². The highest BCUT2D eigenvalue weighted by molar-refractivity contribution is 6.33. The van der Waals surface area contributed by atoms with Gasteiger partial charge in [-0.2, -0.15) is 0 Å². The molecule has 1 N–H and O–H groups in total. The zero-order chi connectivity index (χ0) is 13.9. The van der Waals surface area contributed by atoms with Crippen molar-refractivity contribution < 1.29 is 9.63 Å². The van der Waals surface area contributed by atoms with Gasteiger partial charge in [-0.3, -0.25) is 0 Å². The fourth-order valence-corrected chi connectivity index (χ4v) is 2.27. The van der Waals surface area contributed by atoms with Crippen molar-refractivity contribution in [1.29, 1.82) is 0 Å². The fourth-order valence-electron chi connectivity index (χ4n) is 2.04. The summed E-state index contributed by atoms with van der Waals surface area (Å²) in [5, 5.41) is 14.4. The van der Waals surface area contributed by atoms with Crippen LogP contribution in [0.15, 0.2) is 59.1 Å². The number of halogens is 1. The summed E-state index contributed by atoms with van der Waals surface area (Å²) in [7, 11) is 0. The molecule has 3 rings (SSSR count). The van der Waals surface area contributed by atoms with Gasteiger partial charge in [-0.05, 0) is 12.1 Å². The third-order valence-corrected chi connectivity index (χ3v) is 3.39. The third-order valence-electron chi connectivity index (χ3n) is 3.07. The molecule has 0 atom stereocenters. The molecule has 1 heterocycles. The number of benzene rings is 2. The molecule has 100 valence electrons. The maximum atomic E-state index is 9.76. The van der Waals surface area contributed by atoms with Gasteiger partial charge in [0.05, 0.1) is 5.02 Å². The number of para-hydroxylation sites is 1. The van der Waals surface area contributed by atoms with E-state index in [1.54, 1.807) is 12.1 Å². The van der Waals surface area contributed by atoms with E-state index in [9.17, 15) is 5.11 Å². The zero-order valence-electron chi connectivity index (χ0n) is 10.6.